The number of fused-ring (bicyclic) bond motifs is 1. The molecule has 122 valence electrons. The highest BCUT2D eigenvalue weighted by molar-refractivity contribution is 6.07. The summed E-state index contributed by atoms with van der Waals surface area (Å²) in [7, 11) is 1.98. The monoisotopic (exact) mass is 322 g/mol. The second-order valence-electron chi connectivity index (χ2n) is 6.40. The highest BCUT2D eigenvalue weighted by Crippen LogP contribution is 2.46. The summed E-state index contributed by atoms with van der Waals surface area (Å²) in [5.74, 6) is -0.228. The van der Waals surface area contributed by atoms with Crippen molar-refractivity contribution in [3.63, 3.8) is 0 Å². The number of carbonyl (C=O) groups is 1. The van der Waals surface area contributed by atoms with Crippen LogP contribution in [-0.2, 0) is 10.2 Å². The Morgan fingerprint density at radius 1 is 1.17 bits per heavy atom. The number of carbonyl (C=O) groups excluding carboxylic acids is 1. The molecule has 1 aromatic carbocycles. The van der Waals surface area contributed by atoms with Crippen LogP contribution < -0.4 is 4.90 Å². The van der Waals surface area contributed by atoms with Gasteiger partial charge in [-0.15, -0.1) is 0 Å². The summed E-state index contributed by atoms with van der Waals surface area (Å²) in [6.45, 7) is 4.25. The Labute approximate surface area is 140 Å². The predicted molar refractivity (Wildman–Crippen MR) is 93.3 cm³/mol. The topological polar surface area (TPSA) is 63.4 Å². The lowest BCUT2D eigenvalue weighted by Crippen LogP contribution is -2.22. The van der Waals surface area contributed by atoms with Gasteiger partial charge in [-0.05, 0) is 29.9 Å². The fourth-order valence-corrected chi connectivity index (χ4v) is 3.25. The Kier molecular flexibility index (Phi) is 3.72. The molecule has 5 heteroatoms. The van der Waals surface area contributed by atoms with Gasteiger partial charge in [0.1, 0.15) is 0 Å². The molecule has 1 aliphatic carbocycles. The third-order valence-electron chi connectivity index (χ3n) is 4.57. The van der Waals surface area contributed by atoms with Gasteiger partial charge in [0, 0.05) is 41.6 Å². The molecular weight excluding hydrogens is 304 g/mol. The van der Waals surface area contributed by atoms with Crippen molar-refractivity contribution in [2.45, 2.75) is 19.3 Å². The number of likely N-dealkylation sites (N-methyl/N-ethyl adjacent to an activating group) is 1. The molecular formula is C19H18N2O3. The molecule has 0 spiro atoms. The van der Waals surface area contributed by atoms with Crippen LogP contribution >= 0.6 is 0 Å². The van der Waals surface area contributed by atoms with E-state index in [0.717, 1.165) is 11.4 Å². The van der Waals surface area contributed by atoms with E-state index in [1.165, 1.54) is 23.8 Å². The molecule has 3 rings (SSSR count). The van der Waals surface area contributed by atoms with Gasteiger partial charge in [-0.2, -0.15) is 0 Å². The first-order chi connectivity index (χ1) is 11.3. The van der Waals surface area contributed by atoms with Gasteiger partial charge in [0.25, 0.3) is 5.70 Å². The summed E-state index contributed by atoms with van der Waals surface area (Å²) in [6, 6.07) is 8.16. The largest absolute Gasteiger partial charge is 0.347 e. The number of nitrogens with zero attached hydrogens (tertiary/aromatic N) is 2. The zero-order valence-electron chi connectivity index (χ0n) is 13.8. The Morgan fingerprint density at radius 2 is 1.88 bits per heavy atom. The number of anilines is 1. The van der Waals surface area contributed by atoms with Crippen molar-refractivity contribution in [2.75, 3.05) is 11.9 Å². The fourth-order valence-electron chi connectivity index (χ4n) is 3.25. The van der Waals surface area contributed by atoms with Crippen LogP contribution in [0.25, 0.3) is 0 Å². The van der Waals surface area contributed by atoms with Crippen molar-refractivity contribution >= 4 is 11.5 Å². The molecule has 0 N–H and O–H groups in total. The van der Waals surface area contributed by atoms with E-state index in [0.29, 0.717) is 5.57 Å². The quantitative estimate of drug-likeness (QED) is 0.475. The van der Waals surface area contributed by atoms with Crippen LogP contribution in [0.15, 0.2) is 71.6 Å². The first kappa shape index (κ1) is 15.9. The minimum absolute atomic E-state index is 0.0819. The molecule has 2 aliphatic rings. The van der Waals surface area contributed by atoms with Gasteiger partial charge in [0.2, 0.25) is 0 Å². The lowest BCUT2D eigenvalue weighted by molar-refractivity contribution is -0.419. The second kappa shape index (κ2) is 5.60. The lowest BCUT2D eigenvalue weighted by atomic mass is 9.83. The van der Waals surface area contributed by atoms with Crippen LogP contribution in [-0.4, -0.2) is 17.8 Å². The van der Waals surface area contributed by atoms with Gasteiger partial charge in [-0.1, -0.05) is 32.0 Å². The average Bonchev–Trinajstić information content (AvgIpc) is 2.74. The summed E-state index contributed by atoms with van der Waals surface area (Å²) in [4.78, 5) is 24.5. The van der Waals surface area contributed by atoms with Crippen molar-refractivity contribution < 1.29 is 9.72 Å². The van der Waals surface area contributed by atoms with E-state index in [2.05, 4.69) is 30.9 Å². The van der Waals surface area contributed by atoms with E-state index >= 15 is 0 Å². The SMILES string of the molecule is CN1/C(=C/C=C2\C=C([N+](=O)[O-])C=CC2=O)C(C)(C)c2ccccc21. The molecule has 0 amide bonds. The van der Waals surface area contributed by atoms with E-state index in [1.54, 1.807) is 6.08 Å². The van der Waals surface area contributed by atoms with Crippen LogP contribution in [0.5, 0.6) is 0 Å². The van der Waals surface area contributed by atoms with Crippen molar-refractivity contribution in [1.29, 1.82) is 0 Å². The smallest absolute Gasteiger partial charge is 0.270 e. The van der Waals surface area contributed by atoms with Crippen LogP contribution in [0.4, 0.5) is 5.69 Å². The average molecular weight is 322 g/mol. The number of nitro groups is 1. The molecule has 5 nitrogen and oxygen atoms in total. The van der Waals surface area contributed by atoms with Crippen molar-refractivity contribution in [3.8, 4) is 0 Å². The van der Waals surface area contributed by atoms with E-state index in [4.69, 9.17) is 0 Å². The number of hydrogen-bond donors (Lipinski definition) is 0. The number of allylic oxidation sites excluding steroid dienone is 7. The maximum atomic E-state index is 12.0. The minimum Gasteiger partial charge on any atom is -0.347 e. The maximum Gasteiger partial charge on any atom is 0.270 e. The molecule has 24 heavy (non-hydrogen) atoms. The summed E-state index contributed by atoms with van der Waals surface area (Å²) in [6.07, 6.45) is 7.32. The highest BCUT2D eigenvalue weighted by atomic mass is 16.6. The number of rotatable bonds is 2. The van der Waals surface area contributed by atoms with Gasteiger partial charge in [0.15, 0.2) is 5.78 Å². The Balaban J connectivity index is 2.02. The highest BCUT2D eigenvalue weighted by Gasteiger charge is 2.37. The van der Waals surface area contributed by atoms with Crippen LogP contribution in [0, 0.1) is 10.1 Å². The van der Waals surface area contributed by atoms with Crippen LogP contribution in [0.1, 0.15) is 19.4 Å². The molecule has 1 heterocycles. The molecule has 0 atom stereocenters. The van der Waals surface area contributed by atoms with Gasteiger partial charge in [-0.3, -0.25) is 14.9 Å². The summed E-state index contributed by atoms with van der Waals surface area (Å²) < 4.78 is 0. The Hall–Kier alpha value is -2.95. The number of benzene rings is 1. The first-order valence-electron chi connectivity index (χ1n) is 7.66. The predicted octanol–water partition coefficient (Wildman–Crippen LogP) is 3.52. The zero-order chi connectivity index (χ0) is 17.5. The van der Waals surface area contributed by atoms with Crippen LogP contribution in [0.2, 0.25) is 0 Å². The maximum absolute atomic E-state index is 12.0. The zero-order valence-corrected chi connectivity index (χ0v) is 13.8. The summed E-state index contributed by atoms with van der Waals surface area (Å²) >= 11 is 0. The van der Waals surface area contributed by atoms with Crippen LogP contribution in [0.3, 0.4) is 0 Å². The van der Waals surface area contributed by atoms with Gasteiger partial charge in [0.05, 0.1) is 4.92 Å². The van der Waals surface area contributed by atoms with E-state index in [-0.39, 0.29) is 16.9 Å². The molecule has 0 radical (unpaired) electrons. The van der Waals surface area contributed by atoms with Gasteiger partial charge >= 0.3 is 0 Å². The van der Waals surface area contributed by atoms with Crippen molar-refractivity contribution in [1.82, 2.24) is 0 Å². The number of para-hydroxylation sites is 1. The molecule has 0 saturated carbocycles. The first-order valence-corrected chi connectivity index (χ1v) is 7.66. The summed E-state index contributed by atoms with van der Waals surface area (Å²) in [5, 5.41) is 10.9. The Morgan fingerprint density at radius 3 is 2.54 bits per heavy atom. The van der Waals surface area contributed by atoms with E-state index < -0.39 is 4.92 Å². The van der Waals surface area contributed by atoms with E-state index in [1.807, 2.05) is 25.3 Å². The molecule has 1 aliphatic heterocycles. The second-order valence-corrected chi connectivity index (χ2v) is 6.40. The molecule has 0 saturated heterocycles. The fraction of sp³-hybridized carbons (Fsp3) is 0.211. The number of hydrogen-bond acceptors (Lipinski definition) is 4. The standard InChI is InChI=1S/C19H18N2O3/c1-19(2)15-6-4-5-7-16(15)20(3)18(19)11-8-13-12-14(21(23)24)9-10-17(13)22/h4-12H,1-3H3/b13-8+,18-11+. The van der Waals surface area contributed by atoms with Crippen molar-refractivity contribution in [3.05, 3.63) is 87.3 Å². The minimum atomic E-state index is -0.495. The third kappa shape index (κ3) is 2.48. The molecule has 0 fully saturated rings. The van der Waals surface area contributed by atoms with Crippen molar-refractivity contribution in [2.24, 2.45) is 0 Å². The molecule has 0 unspecified atom stereocenters. The summed E-state index contributed by atoms with van der Waals surface area (Å²) in [5.41, 5.74) is 3.41. The molecule has 1 aromatic rings. The van der Waals surface area contributed by atoms with Gasteiger partial charge < -0.3 is 4.90 Å². The van der Waals surface area contributed by atoms with E-state index in [9.17, 15) is 14.9 Å². The molecule has 0 bridgehead atoms. The number of ketones is 1. The lowest BCUT2D eigenvalue weighted by Gasteiger charge is -2.23. The Bertz CT molecular complexity index is 857. The van der Waals surface area contributed by atoms with Gasteiger partial charge in [-0.25, -0.2) is 0 Å². The normalized spacial score (nSPS) is 22.0. The third-order valence-corrected chi connectivity index (χ3v) is 4.57. The molecule has 0 aromatic heterocycles.